The number of nitrogens with one attached hydrogen (secondary N) is 2. The van der Waals surface area contributed by atoms with Crippen LogP contribution >= 0.6 is 12.2 Å². The molecule has 5 N–H and O–H groups in total. The van der Waals surface area contributed by atoms with Crippen molar-refractivity contribution in [1.82, 2.24) is 10.3 Å². The molecule has 0 fully saturated rings. The molecule has 1 aromatic rings. The summed E-state index contributed by atoms with van der Waals surface area (Å²) in [6.45, 7) is 0. The lowest BCUT2D eigenvalue weighted by Crippen LogP contribution is -2.34. The highest BCUT2D eigenvalue weighted by Gasteiger charge is 2.01. The van der Waals surface area contributed by atoms with Gasteiger partial charge < -0.3 is 20.7 Å². The minimum Gasteiger partial charge on any atom is -0.478 e. The summed E-state index contributed by atoms with van der Waals surface area (Å²) >= 11 is 4.76. The molecule has 8 heteroatoms. The molecule has 0 saturated carbocycles. The first kappa shape index (κ1) is 16.8. The molecule has 0 aromatic heterocycles. The average molecular weight is 284 g/mol. The number of carbonyl (C=O) groups is 2. The number of benzene rings is 1. The first-order chi connectivity index (χ1) is 8.90. The Morgan fingerprint density at radius 2 is 1.84 bits per heavy atom. The van der Waals surface area contributed by atoms with Gasteiger partial charge in [-0.25, -0.2) is 10.6 Å². The Hall–Kier alpha value is -2.19. The van der Waals surface area contributed by atoms with Crippen molar-refractivity contribution >= 4 is 35.4 Å². The van der Waals surface area contributed by atoms with Crippen LogP contribution in [0.2, 0.25) is 0 Å². The zero-order chi connectivity index (χ0) is 14.8. The van der Waals surface area contributed by atoms with Crippen molar-refractivity contribution in [3.05, 3.63) is 29.8 Å². The molecule has 0 atom stereocenters. The Balaban J connectivity index is 0.000000555. The second-order valence-corrected chi connectivity index (χ2v) is 3.96. The molecule has 1 amide bonds. The van der Waals surface area contributed by atoms with Crippen molar-refractivity contribution in [2.45, 2.75) is 0 Å². The largest absolute Gasteiger partial charge is 0.478 e. The summed E-state index contributed by atoms with van der Waals surface area (Å²) in [5.74, 6) is 4.09. The van der Waals surface area contributed by atoms with Gasteiger partial charge in [-0.2, -0.15) is 0 Å². The summed E-state index contributed by atoms with van der Waals surface area (Å²) < 4.78 is 0. The molecule has 19 heavy (non-hydrogen) atoms. The third-order valence-corrected chi connectivity index (χ3v) is 1.95. The Kier molecular flexibility index (Phi) is 7.82. The number of carbonyl (C=O) groups excluding carboxylic acids is 1. The zero-order valence-electron chi connectivity index (χ0n) is 10.6. The fraction of sp³-hybridized carbons (Fsp3) is 0.182. The highest BCUT2D eigenvalue weighted by atomic mass is 32.1. The summed E-state index contributed by atoms with van der Waals surface area (Å²) in [4.78, 5) is 21.4. The van der Waals surface area contributed by atoms with Gasteiger partial charge in [0, 0.05) is 19.8 Å². The number of thiocarbonyl (C=S) groups is 1. The van der Waals surface area contributed by atoms with Crippen LogP contribution in [-0.4, -0.2) is 41.6 Å². The number of rotatable bonds is 3. The third-order valence-electron chi connectivity index (χ3n) is 1.73. The Morgan fingerprint density at radius 3 is 2.16 bits per heavy atom. The van der Waals surface area contributed by atoms with E-state index in [1.54, 1.807) is 26.2 Å². The molecule has 0 radical (unpaired) electrons. The van der Waals surface area contributed by atoms with Gasteiger partial charge in [-0.15, -0.1) is 0 Å². The standard InChI is InChI=1S/C8H9N3O2S.C3H7NO/c9-11-8(14)10-6-3-1-5(2-4-6)7(12)13;1-4(2)3-5/h1-4H,9H2,(H,12,13)(H2,10,11,14);3H,1-2H3. The van der Waals surface area contributed by atoms with E-state index in [4.69, 9.17) is 23.2 Å². The maximum atomic E-state index is 10.5. The van der Waals surface area contributed by atoms with E-state index in [0.29, 0.717) is 5.69 Å². The van der Waals surface area contributed by atoms with E-state index in [1.165, 1.54) is 17.0 Å². The highest BCUT2D eigenvalue weighted by Crippen LogP contribution is 2.08. The zero-order valence-corrected chi connectivity index (χ0v) is 11.4. The molecule has 0 heterocycles. The number of nitrogens with two attached hydrogens (primary N) is 1. The normalized spacial score (nSPS) is 8.58. The van der Waals surface area contributed by atoms with Crippen LogP contribution in [0.25, 0.3) is 0 Å². The Labute approximate surface area is 116 Å². The molecule has 0 aliphatic heterocycles. The fourth-order valence-electron chi connectivity index (χ4n) is 0.863. The lowest BCUT2D eigenvalue weighted by molar-refractivity contribution is -0.115. The number of aromatic carboxylic acids is 1. The quantitative estimate of drug-likeness (QED) is 0.273. The number of hydrogen-bond donors (Lipinski definition) is 4. The molecule has 0 unspecified atom stereocenters. The molecule has 0 aliphatic rings. The molecule has 7 nitrogen and oxygen atoms in total. The molecule has 0 bridgehead atoms. The lowest BCUT2D eigenvalue weighted by atomic mass is 10.2. The average Bonchev–Trinajstić information content (AvgIpc) is 2.39. The van der Waals surface area contributed by atoms with E-state index in [1.807, 2.05) is 0 Å². The molecule has 1 aromatic carbocycles. The Morgan fingerprint density at radius 1 is 1.37 bits per heavy atom. The van der Waals surface area contributed by atoms with E-state index in [-0.39, 0.29) is 10.7 Å². The third kappa shape index (κ3) is 7.68. The summed E-state index contributed by atoms with van der Waals surface area (Å²) in [6, 6.07) is 6.16. The first-order valence-electron chi connectivity index (χ1n) is 5.13. The summed E-state index contributed by atoms with van der Waals surface area (Å²) in [5.41, 5.74) is 3.16. The predicted molar refractivity (Wildman–Crippen MR) is 76.7 cm³/mol. The van der Waals surface area contributed by atoms with Crippen LogP contribution in [0.1, 0.15) is 10.4 Å². The summed E-state index contributed by atoms with van der Waals surface area (Å²) in [7, 11) is 3.38. The molecular formula is C11H16N4O3S. The van der Waals surface area contributed by atoms with Gasteiger partial charge in [-0.05, 0) is 36.5 Å². The fourth-order valence-corrected chi connectivity index (χ4v) is 0.981. The van der Waals surface area contributed by atoms with E-state index in [2.05, 4.69) is 10.7 Å². The second-order valence-electron chi connectivity index (χ2n) is 3.55. The van der Waals surface area contributed by atoms with Crippen LogP contribution in [-0.2, 0) is 4.79 Å². The van der Waals surface area contributed by atoms with Gasteiger partial charge in [0.1, 0.15) is 0 Å². The number of anilines is 1. The van der Waals surface area contributed by atoms with Crippen LogP contribution < -0.4 is 16.6 Å². The number of carboxylic acids is 1. The number of amides is 1. The monoisotopic (exact) mass is 284 g/mol. The van der Waals surface area contributed by atoms with E-state index in [0.717, 1.165) is 6.41 Å². The van der Waals surface area contributed by atoms with Gasteiger partial charge in [0.2, 0.25) is 6.41 Å². The summed E-state index contributed by atoms with van der Waals surface area (Å²) in [5, 5.41) is 11.7. The summed E-state index contributed by atoms with van der Waals surface area (Å²) in [6.07, 6.45) is 0.750. The highest BCUT2D eigenvalue weighted by molar-refractivity contribution is 7.80. The van der Waals surface area contributed by atoms with Crippen LogP contribution in [0, 0.1) is 0 Å². The van der Waals surface area contributed by atoms with E-state index >= 15 is 0 Å². The van der Waals surface area contributed by atoms with Crippen molar-refractivity contribution in [2.75, 3.05) is 19.4 Å². The van der Waals surface area contributed by atoms with Gasteiger partial charge in [-0.1, -0.05) is 0 Å². The first-order valence-corrected chi connectivity index (χ1v) is 5.54. The number of hydrogen-bond acceptors (Lipinski definition) is 4. The van der Waals surface area contributed by atoms with Gasteiger partial charge in [0.05, 0.1) is 5.56 Å². The molecule has 0 aliphatic carbocycles. The van der Waals surface area contributed by atoms with Crippen molar-refractivity contribution in [3.63, 3.8) is 0 Å². The SMILES string of the molecule is CN(C)C=O.NNC(=S)Nc1ccc(C(=O)O)cc1. The maximum absolute atomic E-state index is 10.5. The van der Waals surface area contributed by atoms with Crippen molar-refractivity contribution < 1.29 is 14.7 Å². The van der Waals surface area contributed by atoms with E-state index < -0.39 is 5.97 Å². The van der Waals surface area contributed by atoms with Gasteiger partial charge in [0.15, 0.2) is 5.11 Å². The van der Waals surface area contributed by atoms with Crippen LogP contribution in [0.4, 0.5) is 5.69 Å². The lowest BCUT2D eigenvalue weighted by Gasteiger charge is -2.06. The topological polar surface area (TPSA) is 108 Å². The number of nitrogens with zero attached hydrogens (tertiary/aromatic N) is 1. The molecule has 0 spiro atoms. The maximum Gasteiger partial charge on any atom is 0.335 e. The van der Waals surface area contributed by atoms with Crippen LogP contribution in [0.3, 0.4) is 0 Å². The number of hydrazine groups is 1. The molecular weight excluding hydrogens is 268 g/mol. The number of carboxylic acid groups (broad SMARTS) is 1. The van der Waals surface area contributed by atoms with Gasteiger partial charge >= 0.3 is 5.97 Å². The molecule has 1 rings (SSSR count). The minimum atomic E-state index is -0.962. The van der Waals surface area contributed by atoms with Crippen molar-refractivity contribution in [3.8, 4) is 0 Å². The molecule has 0 saturated heterocycles. The predicted octanol–water partition coefficient (Wildman–Crippen LogP) is 0.249. The van der Waals surface area contributed by atoms with Crippen molar-refractivity contribution in [2.24, 2.45) is 5.84 Å². The van der Waals surface area contributed by atoms with Crippen LogP contribution in [0.15, 0.2) is 24.3 Å². The van der Waals surface area contributed by atoms with Gasteiger partial charge in [-0.3, -0.25) is 4.79 Å². The van der Waals surface area contributed by atoms with Crippen LogP contribution in [0.5, 0.6) is 0 Å². The molecule has 104 valence electrons. The van der Waals surface area contributed by atoms with Crippen molar-refractivity contribution in [1.29, 1.82) is 0 Å². The minimum absolute atomic E-state index is 0.224. The smallest absolute Gasteiger partial charge is 0.335 e. The van der Waals surface area contributed by atoms with E-state index in [9.17, 15) is 9.59 Å². The second kappa shape index (κ2) is 8.84. The van der Waals surface area contributed by atoms with Gasteiger partial charge in [0.25, 0.3) is 0 Å². The Bertz CT molecular complexity index is 434.